The summed E-state index contributed by atoms with van der Waals surface area (Å²) >= 11 is 7.30. The molecule has 0 radical (unpaired) electrons. The second-order valence-electron chi connectivity index (χ2n) is 3.73. The standard InChI is InChI=1S/C12H12ClFN2S/c1-7-8(2)17-12(16-7)6-15-11-4-3-9(13)5-10(11)14/h3-5,15H,6H2,1-2H3. The Labute approximate surface area is 108 Å². The van der Waals surface area contributed by atoms with Crippen LogP contribution in [0.5, 0.6) is 0 Å². The Morgan fingerprint density at radius 1 is 1.41 bits per heavy atom. The second kappa shape index (κ2) is 5.02. The van der Waals surface area contributed by atoms with E-state index in [1.165, 1.54) is 10.9 Å². The zero-order valence-electron chi connectivity index (χ0n) is 9.55. The lowest BCUT2D eigenvalue weighted by atomic mass is 10.3. The van der Waals surface area contributed by atoms with E-state index in [1.54, 1.807) is 23.5 Å². The number of anilines is 1. The van der Waals surface area contributed by atoms with Crippen molar-refractivity contribution in [3.05, 3.63) is 44.6 Å². The fraction of sp³-hybridized carbons (Fsp3) is 0.250. The SMILES string of the molecule is Cc1nc(CNc2ccc(Cl)cc2F)sc1C. The molecule has 0 saturated carbocycles. The zero-order chi connectivity index (χ0) is 12.4. The van der Waals surface area contributed by atoms with Crippen molar-refractivity contribution in [3.8, 4) is 0 Å². The van der Waals surface area contributed by atoms with E-state index in [0.717, 1.165) is 10.7 Å². The predicted octanol–water partition coefficient (Wildman–Crippen LogP) is 4.16. The molecule has 0 aliphatic rings. The van der Waals surface area contributed by atoms with Crippen LogP contribution in [0, 0.1) is 19.7 Å². The lowest BCUT2D eigenvalue weighted by Gasteiger charge is -2.05. The van der Waals surface area contributed by atoms with Crippen molar-refractivity contribution in [2.75, 3.05) is 5.32 Å². The summed E-state index contributed by atoms with van der Waals surface area (Å²) in [6, 6.07) is 4.58. The van der Waals surface area contributed by atoms with E-state index in [4.69, 9.17) is 11.6 Å². The molecule has 0 aliphatic heterocycles. The van der Waals surface area contributed by atoms with Crippen molar-refractivity contribution >= 4 is 28.6 Å². The van der Waals surface area contributed by atoms with Crippen LogP contribution in [0.1, 0.15) is 15.6 Å². The molecule has 17 heavy (non-hydrogen) atoms. The Kier molecular flexibility index (Phi) is 3.64. The van der Waals surface area contributed by atoms with Crippen LogP contribution in [0.4, 0.5) is 10.1 Å². The van der Waals surface area contributed by atoms with Crippen LogP contribution in [0.3, 0.4) is 0 Å². The highest BCUT2D eigenvalue weighted by Crippen LogP contribution is 2.21. The molecule has 0 aliphatic carbocycles. The van der Waals surface area contributed by atoms with Crippen molar-refractivity contribution in [1.29, 1.82) is 0 Å². The van der Waals surface area contributed by atoms with Gasteiger partial charge in [-0.3, -0.25) is 0 Å². The van der Waals surface area contributed by atoms with Crippen LogP contribution in [0.2, 0.25) is 5.02 Å². The van der Waals surface area contributed by atoms with Crippen LogP contribution < -0.4 is 5.32 Å². The molecule has 1 aromatic carbocycles. The summed E-state index contributed by atoms with van der Waals surface area (Å²) in [7, 11) is 0. The third-order valence-corrected chi connectivity index (χ3v) is 3.74. The first-order valence-corrected chi connectivity index (χ1v) is 6.37. The van der Waals surface area contributed by atoms with E-state index in [1.807, 2.05) is 13.8 Å². The Hall–Kier alpha value is -1.13. The lowest BCUT2D eigenvalue weighted by Crippen LogP contribution is -2.00. The minimum absolute atomic E-state index is 0.345. The van der Waals surface area contributed by atoms with Gasteiger partial charge in [0.25, 0.3) is 0 Å². The summed E-state index contributed by atoms with van der Waals surface area (Å²) in [6.07, 6.45) is 0. The molecule has 2 rings (SSSR count). The van der Waals surface area contributed by atoms with Crippen LogP contribution >= 0.6 is 22.9 Å². The van der Waals surface area contributed by atoms with E-state index in [-0.39, 0.29) is 5.82 Å². The highest BCUT2D eigenvalue weighted by molar-refractivity contribution is 7.11. The summed E-state index contributed by atoms with van der Waals surface area (Å²) in [5, 5.41) is 4.36. The Morgan fingerprint density at radius 2 is 2.18 bits per heavy atom. The highest BCUT2D eigenvalue weighted by Gasteiger charge is 2.06. The topological polar surface area (TPSA) is 24.9 Å². The van der Waals surface area contributed by atoms with Crippen molar-refractivity contribution < 1.29 is 4.39 Å². The van der Waals surface area contributed by atoms with Crippen LogP contribution in [-0.2, 0) is 6.54 Å². The minimum Gasteiger partial charge on any atom is -0.376 e. The molecule has 1 aromatic heterocycles. The molecule has 0 amide bonds. The van der Waals surface area contributed by atoms with Gasteiger partial charge >= 0.3 is 0 Å². The first-order chi connectivity index (χ1) is 8.06. The number of benzene rings is 1. The maximum Gasteiger partial charge on any atom is 0.147 e. The molecule has 5 heteroatoms. The van der Waals surface area contributed by atoms with Gasteiger partial charge in [-0.15, -0.1) is 11.3 Å². The van der Waals surface area contributed by atoms with E-state index in [9.17, 15) is 4.39 Å². The Balaban J connectivity index is 2.07. The lowest BCUT2D eigenvalue weighted by molar-refractivity contribution is 0.630. The molecule has 0 spiro atoms. The zero-order valence-corrected chi connectivity index (χ0v) is 11.1. The number of halogens is 2. The normalized spacial score (nSPS) is 10.6. The minimum atomic E-state index is -0.345. The smallest absolute Gasteiger partial charge is 0.147 e. The van der Waals surface area contributed by atoms with Gasteiger partial charge in [0.15, 0.2) is 0 Å². The molecular weight excluding hydrogens is 259 g/mol. The number of hydrogen-bond acceptors (Lipinski definition) is 3. The van der Waals surface area contributed by atoms with Crippen molar-refractivity contribution in [2.24, 2.45) is 0 Å². The van der Waals surface area contributed by atoms with Gasteiger partial charge in [-0.2, -0.15) is 0 Å². The third-order valence-electron chi connectivity index (χ3n) is 2.43. The van der Waals surface area contributed by atoms with Crippen LogP contribution in [0.25, 0.3) is 0 Å². The van der Waals surface area contributed by atoms with Gasteiger partial charge in [-0.05, 0) is 32.0 Å². The number of thiazole rings is 1. The van der Waals surface area contributed by atoms with Crippen molar-refractivity contribution in [1.82, 2.24) is 4.98 Å². The van der Waals surface area contributed by atoms with E-state index in [0.29, 0.717) is 17.3 Å². The molecule has 2 aromatic rings. The van der Waals surface area contributed by atoms with E-state index >= 15 is 0 Å². The Morgan fingerprint density at radius 3 is 2.76 bits per heavy atom. The van der Waals surface area contributed by atoms with Crippen LogP contribution in [0.15, 0.2) is 18.2 Å². The number of hydrogen-bond donors (Lipinski definition) is 1. The number of aryl methyl sites for hydroxylation is 2. The summed E-state index contributed by atoms with van der Waals surface area (Å²) in [5.74, 6) is -0.345. The largest absolute Gasteiger partial charge is 0.376 e. The molecule has 2 nitrogen and oxygen atoms in total. The Bertz CT molecular complexity index is 520. The first kappa shape index (κ1) is 12.3. The monoisotopic (exact) mass is 270 g/mol. The molecule has 1 N–H and O–H groups in total. The maximum absolute atomic E-state index is 13.5. The van der Waals surface area contributed by atoms with E-state index in [2.05, 4.69) is 10.3 Å². The number of rotatable bonds is 3. The fourth-order valence-corrected chi connectivity index (χ4v) is 2.45. The number of aromatic nitrogens is 1. The number of nitrogens with one attached hydrogen (secondary N) is 1. The predicted molar refractivity (Wildman–Crippen MR) is 70.3 cm³/mol. The average molecular weight is 271 g/mol. The molecule has 1 heterocycles. The molecule has 90 valence electrons. The van der Waals surface area contributed by atoms with Gasteiger partial charge in [0, 0.05) is 9.90 Å². The summed E-state index contributed by atoms with van der Waals surface area (Å²) in [4.78, 5) is 5.57. The van der Waals surface area contributed by atoms with Gasteiger partial charge in [0.2, 0.25) is 0 Å². The second-order valence-corrected chi connectivity index (χ2v) is 5.45. The van der Waals surface area contributed by atoms with Gasteiger partial charge in [-0.25, -0.2) is 9.37 Å². The van der Waals surface area contributed by atoms with Gasteiger partial charge in [0.1, 0.15) is 10.8 Å². The highest BCUT2D eigenvalue weighted by atomic mass is 35.5. The molecular formula is C12H12ClFN2S. The van der Waals surface area contributed by atoms with Gasteiger partial charge < -0.3 is 5.32 Å². The molecule has 0 atom stereocenters. The van der Waals surface area contributed by atoms with Crippen LogP contribution in [-0.4, -0.2) is 4.98 Å². The third kappa shape index (κ3) is 2.96. The van der Waals surface area contributed by atoms with Gasteiger partial charge in [-0.1, -0.05) is 11.6 Å². The van der Waals surface area contributed by atoms with Gasteiger partial charge in [0.05, 0.1) is 17.9 Å². The first-order valence-electron chi connectivity index (χ1n) is 5.18. The molecule has 0 fully saturated rings. The molecule has 0 bridgehead atoms. The number of nitrogens with zero attached hydrogens (tertiary/aromatic N) is 1. The molecule has 0 saturated heterocycles. The summed E-state index contributed by atoms with van der Waals surface area (Å²) in [6.45, 7) is 4.52. The molecule has 0 unspecified atom stereocenters. The average Bonchev–Trinajstić information content (AvgIpc) is 2.57. The summed E-state index contributed by atoms with van der Waals surface area (Å²) in [5.41, 5.74) is 1.48. The van der Waals surface area contributed by atoms with Crippen molar-refractivity contribution in [3.63, 3.8) is 0 Å². The van der Waals surface area contributed by atoms with Crippen molar-refractivity contribution in [2.45, 2.75) is 20.4 Å². The maximum atomic E-state index is 13.5. The fourth-order valence-electron chi connectivity index (χ4n) is 1.42. The quantitative estimate of drug-likeness (QED) is 0.906. The van der Waals surface area contributed by atoms with E-state index < -0.39 is 0 Å². The summed E-state index contributed by atoms with van der Waals surface area (Å²) < 4.78 is 13.5.